The Morgan fingerprint density at radius 3 is 2.50 bits per heavy atom. The molecule has 1 aromatic heterocycles. The fourth-order valence-electron chi connectivity index (χ4n) is 3.66. The van der Waals surface area contributed by atoms with E-state index in [4.69, 9.17) is 9.84 Å². The van der Waals surface area contributed by atoms with Gasteiger partial charge in [0.15, 0.2) is 0 Å². The van der Waals surface area contributed by atoms with Crippen molar-refractivity contribution < 1.29 is 29.2 Å². The summed E-state index contributed by atoms with van der Waals surface area (Å²) in [6, 6.07) is 14.0. The molecule has 0 fully saturated rings. The van der Waals surface area contributed by atoms with Crippen LogP contribution in [0.15, 0.2) is 60.0 Å². The van der Waals surface area contributed by atoms with Gasteiger partial charge in [-0.05, 0) is 63.9 Å². The van der Waals surface area contributed by atoms with Gasteiger partial charge in [-0.2, -0.15) is 0 Å². The van der Waals surface area contributed by atoms with E-state index >= 15 is 0 Å². The number of aliphatic carboxylic acids is 1. The van der Waals surface area contributed by atoms with Crippen molar-refractivity contribution >= 4 is 23.4 Å². The van der Waals surface area contributed by atoms with E-state index in [0.717, 1.165) is 27.1 Å². The summed E-state index contributed by atoms with van der Waals surface area (Å²) < 4.78 is 19.7. The van der Waals surface area contributed by atoms with Crippen molar-refractivity contribution in [3.63, 3.8) is 0 Å². The number of thiophene rings is 1. The van der Waals surface area contributed by atoms with Crippen LogP contribution in [0, 0.1) is 5.82 Å². The van der Waals surface area contributed by atoms with E-state index in [0.29, 0.717) is 12.4 Å². The first-order valence-corrected chi connectivity index (χ1v) is 12.0. The van der Waals surface area contributed by atoms with Gasteiger partial charge in [-0.15, -0.1) is 11.3 Å². The van der Waals surface area contributed by atoms with E-state index < -0.39 is 24.6 Å². The van der Waals surface area contributed by atoms with Gasteiger partial charge in [-0.1, -0.05) is 44.2 Å². The van der Waals surface area contributed by atoms with Gasteiger partial charge in [0.1, 0.15) is 18.2 Å². The maximum atomic E-state index is 13.6. The van der Waals surface area contributed by atoms with Gasteiger partial charge in [0, 0.05) is 11.3 Å². The van der Waals surface area contributed by atoms with E-state index in [1.54, 1.807) is 35.6 Å². The summed E-state index contributed by atoms with van der Waals surface area (Å²) >= 11 is 1.61. The standard InChI is InChI=1S/C27H29FO5S/c1-17(2)25-14-22(33-16-23-4-3-11-34-23)15-26(18-5-7-19(28)8-6-18)24(25)10-9-20(29)12-21(30)13-27(31)32/h3-11,14-15,17,20-21,29-30H,12-13,16H2,1-2H3,(H,31,32). The van der Waals surface area contributed by atoms with E-state index in [1.807, 2.05) is 29.6 Å². The Bertz CT molecular complexity index is 1110. The molecule has 180 valence electrons. The zero-order valence-corrected chi connectivity index (χ0v) is 20.0. The molecule has 7 heteroatoms. The molecule has 3 rings (SSSR count). The molecule has 0 aliphatic rings. The number of benzene rings is 2. The normalized spacial score (nSPS) is 13.4. The zero-order chi connectivity index (χ0) is 24.7. The van der Waals surface area contributed by atoms with Crippen LogP contribution in [0.3, 0.4) is 0 Å². The van der Waals surface area contributed by atoms with Crippen molar-refractivity contribution in [1.82, 2.24) is 0 Å². The molecule has 3 aromatic rings. The lowest BCUT2D eigenvalue weighted by Crippen LogP contribution is -2.19. The lowest BCUT2D eigenvalue weighted by molar-refractivity contribution is -0.139. The largest absolute Gasteiger partial charge is 0.488 e. The highest BCUT2D eigenvalue weighted by atomic mass is 32.1. The molecule has 34 heavy (non-hydrogen) atoms. The van der Waals surface area contributed by atoms with Crippen LogP contribution in [0.25, 0.3) is 17.2 Å². The minimum Gasteiger partial charge on any atom is -0.488 e. The molecule has 2 atom stereocenters. The Hall–Kier alpha value is -3.00. The lowest BCUT2D eigenvalue weighted by Gasteiger charge is -2.19. The molecular weight excluding hydrogens is 455 g/mol. The van der Waals surface area contributed by atoms with E-state index in [2.05, 4.69) is 13.8 Å². The van der Waals surface area contributed by atoms with Crippen LogP contribution in [0.2, 0.25) is 0 Å². The van der Waals surface area contributed by atoms with Gasteiger partial charge in [0.25, 0.3) is 0 Å². The number of aliphatic hydroxyl groups excluding tert-OH is 2. The average molecular weight is 485 g/mol. The molecule has 2 unspecified atom stereocenters. The summed E-state index contributed by atoms with van der Waals surface area (Å²) in [7, 11) is 0. The predicted molar refractivity (Wildman–Crippen MR) is 132 cm³/mol. The smallest absolute Gasteiger partial charge is 0.305 e. The SMILES string of the molecule is CC(C)c1cc(OCc2cccs2)cc(-c2ccc(F)cc2)c1C=CC(O)CC(O)CC(=O)O. The quantitative estimate of drug-likeness (QED) is 0.318. The second kappa shape index (κ2) is 11.9. The molecule has 0 aliphatic heterocycles. The number of rotatable bonds is 11. The molecular formula is C27H29FO5S. The highest BCUT2D eigenvalue weighted by Gasteiger charge is 2.17. The number of carboxylic acid groups (broad SMARTS) is 1. The number of halogens is 1. The van der Waals surface area contributed by atoms with Gasteiger partial charge in [-0.25, -0.2) is 4.39 Å². The first-order chi connectivity index (χ1) is 16.2. The zero-order valence-electron chi connectivity index (χ0n) is 19.1. The van der Waals surface area contributed by atoms with Crippen LogP contribution >= 0.6 is 11.3 Å². The van der Waals surface area contributed by atoms with Crippen LogP contribution in [0.4, 0.5) is 4.39 Å². The average Bonchev–Trinajstić information content (AvgIpc) is 3.29. The van der Waals surface area contributed by atoms with Gasteiger partial charge >= 0.3 is 5.97 Å². The fraction of sp³-hybridized carbons (Fsp3) is 0.296. The lowest BCUT2D eigenvalue weighted by atomic mass is 9.89. The van der Waals surface area contributed by atoms with Gasteiger partial charge < -0.3 is 20.1 Å². The number of carbonyl (C=O) groups is 1. The third-order valence-corrected chi connectivity index (χ3v) is 6.18. The molecule has 0 spiro atoms. The number of hydrogen-bond donors (Lipinski definition) is 3. The van der Waals surface area contributed by atoms with E-state index in [9.17, 15) is 19.4 Å². The van der Waals surface area contributed by atoms with Crippen molar-refractivity contribution in [3.8, 4) is 16.9 Å². The van der Waals surface area contributed by atoms with Crippen LogP contribution in [0.5, 0.6) is 5.75 Å². The maximum Gasteiger partial charge on any atom is 0.305 e. The summed E-state index contributed by atoms with van der Waals surface area (Å²) in [5.74, 6) is -0.648. The molecule has 5 nitrogen and oxygen atoms in total. The highest BCUT2D eigenvalue weighted by Crippen LogP contribution is 2.36. The molecule has 0 bridgehead atoms. The number of hydrogen-bond acceptors (Lipinski definition) is 5. The van der Waals surface area contributed by atoms with E-state index in [-0.39, 0.29) is 18.2 Å². The number of ether oxygens (including phenoxy) is 1. The van der Waals surface area contributed by atoms with Crippen molar-refractivity contribution in [1.29, 1.82) is 0 Å². The minimum atomic E-state index is -1.15. The third-order valence-electron chi connectivity index (χ3n) is 5.33. The van der Waals surface area contributed by atoms with Crippen molar-refractivity contribution in [2.45, 2.75) is 51.4 Å². The van der Waals surface area contributed by atoms with Crippen molar-refractivity contribution in [3.05, 3.63) is 81.8 Å². The van der Waals surface area contributed by atoms with Crippen LogP contribution in [-0.2, 0) is 11.4 Å². The molecule has 0 radical (unpaired) electrons. The first-order valence-electron chi connectivity index (χ1n) is 11.1. The van der Waals surface area contributed by atoms with Gasteiger partial charge in [0.2, 0.25) is 0 Å². The maximum absolute atomic E-state index is 13.6. The molecule has 0 aliphatic carbocycles. The minimum absolute atomic E-state index is 0.0896. The summed E-state index contributed by atoms with van der Waals surface area (Å²) in [6.45, 7) is 4.54. The summed E-state index contributed by atoms with van der Waals surface area (Å²) in [4.78, 5) is 11.9. The first kappa shape index (κ1) is 25.6. The van der Waals surface area contributed by atoms with E-state index in [1.165, 1.54) is 12.1 Å². The molecule has 1 heterocycles. The number of carboxylic acids is 1. The predicted octanol–water partition coefficient (Wildman–Crippen LogP) is 5.86. The molecule has 3 N–H and O–H groups in total. The molecule has 0 amide bonds. The number of aliphatic hydroxyl groups is 2. The molecule has 0 saturated heterocycles. The Morgan fingerprint density at radius 2 is 1.88 bits per heavy atom. The topological polar surface area (TPSA) is 87.0 Å². The van der Waals surface area contributed by atoms with Crippen molar-refractivity contribution in [2.75, 3.05) is 0 Å². The second-order valence-electron chi connectivity index (χ2n) is 8.42. The Morgan fingerprint density at radius 1 is 1.15 bits per heavy atom. The second-order valence-corrected chi connectivity index (χ2v) is 9.45. The van der Waals surface area contributed by atoms with Crippen LogP contribution in [0.1, 0.15) is 48.6 Å². The summed E-state index contributed by atoms with van der Waals surface area (Å²) in [5, 5.41) is 31.0. The van der Waals surface area contributed by atoms with Gasteiger partial charge in [-0.3, -0.25) is 4.79 Å². The molecule has 0 saturated carbocycles. The Balaban J connectivity index is 1.97. The molecule has 2 aromatic carbocycles. The Labute approximate surface area is 202 Å². The van der Waals surface area contributed by atoms with Crippen LogP contribution < -0.4 is 4.74 Å². The summed E-state index contributed by atoms with van der Waals surface area (Å²) in [6.07, 6.45) is 0.629. The Kier molecular flexibility index (Phi) is 8.98. The monoisotopic (exact) mass is 484 g/mol. The van der Waals surface area contributed by atoms with Crippen LogP contribution in [-0.4, -0.2) is 33.5 Å². The highest BCUT2D eigenvalue weighted by molar-refractivity contribution is 7.09. The van der Waals surface area contributed by atoms with Crippen molar-refractivity contribution in [2.24, 2.45) is 0 Å². The van der Waals surface area contributed by atoms with Gasteiger partial charge in [0.05, 0.1) is 18.6 Å². The summed E-state index contributed by atoms with van der Waals surface area (Å²) in [5.41, 5.74) is 3.45. The fourth-order valence-corrected chi connectivity index (χ4v) is 4.28. The third kappa shape index (κ3) is 7.25.